The van der Waals surface area contributed by atoms with Gasteiger partial charge in [-0.2, -0.15) is 0 Å². The molecule has 3 nitrogen and oxygen atoms in total. The van der Waals surface area contributed by atoms with Crippen molar-refractivity contribution in [1.82, 2.24) is 10.6 Å². The lowest BCUT2D eigenvalue weighted by atomic mass is 9.94. The van der Waals surface area contributed by atoms with Gasteiger partial charge in [0, 0.05) is 5.02 Å². The molecule has 4 heteroatoms. The molecular weight excluding hydrogens is 260 g/mol. The van der Waals surface area contributed by atoms with Gasteiger partial charge in [0.25, 0.3) is 0 Å². The Balaban J connectivity index is 2.91. The molecule has 1 unspecified atom stereocenters. The molecule has 0 radical (unpaired) electrons. The van der Waals surface area contributed by atoms with E-state index in [1.165, 1.54) is 0 Å². The summed E-state index contributed by atoms with van der Waals surface area (Å²) in [5.74, 6) is 0.293. The van der Waals surface area contributed by atoms with Crippen molar-refractivity contribution < 1.29 is 4.79 Å². The van der Waals surface area contributed by atoms with Crippen molar-refractivity contribution in [1.29, 1.82) is 0 Å². The highest BCUT2D eigenvalue weighted by atomic mass is 35.5. The van der Waals surface area contributed by atoms with Crippen LogP contribution in [0.1, 0.15) is 39.3 Å². The van der Waals surface area contributed by atoms with Crippen LogP contribution in [0.25, 0.3) is 0 Å². The fourth-order valence-electron chi connectivity index (χ4n) is 1.74. The minimum absolute atomic E-state index is 0.0105. The highest BCUT2D eigenvalue weighted by Gasteiger charge is 2.28. The van der Waals surface area contributed by atoms with E-state index in [2.05, 4.69) is 24.5 Å². The number of hydrogen-bond acceptors (Lipinski definition) is 2. The van der Waals surface area contributed by atoms with Gasteiger partial charge in [-0.3, -0.25) is 4.79 Å². The van der Waals surface area contributed by atoms with Gasteiger partial charge in [0.05, 0.1) is 11.6 Å². The molecule has 1 atom stereocenters. The fourth-order valence-corrected chi connectivity index (χ4v) is 1.87. The molecule has 0 aliphatic heterocycles. The van der Waals surface area contributed by atoms with Crippen LogP contribution in [0.2, 0.25) is 5.02 Å². The van der Waals surface area contributed by atoms with Crippen molar-refractivity contribution in [3.05, 3.63) is 34.9 Å². The van der Waals surface area contributed by atoms with Gasteiger partial charge in [0.2, 0.25) is 5.91 Å². The van der Waals surface area contributed by atoms with Gasteiger partial charge in [0.15, 0.2) is 0 Å². The van der Waals surface area contributed by atoms with Gasteiger partial charge in [0.1, 0.15) is 0 Å². The molecule has 0 spiro atoms. The Morgan fingerprint density at radius 2 is 1.74 bits per heavy atom. The number of carbonyl (C=O) groups excluding carboxylic acids is 1. The van der Waals surface area contributed by atoms with Crippen LogP contribution in [-0.4, -0.2) is 18.5 Å². The lowest BCUT2D eigenvalue weighted by molar-refractivity contribution is -0.127. The summed E-state index contributed by atoms with van der Waals surface area (Å²) in [5.41, 5.74) is 0.485. The quantitative estimate of drug-likeness (QED) is 0.871. The predicted molar refractivity (Wildman–Crippen MR) is 80.3 cm³/mol. The minimum atomic E-state index is -0.584. The summed E-state index contributed by atoms with van der Waals surface area (Å²) in [6.45, 7) is 7.90. The van der Waals surface area contributed by atoms with Gasteiger partial charge in [-0.25, -0.2) is 0 Å². The van der Waals surface area contributed by atoms with Crippen LogP contribution in [0.15, 0.2) is 24.3 Å². The van der Waals surface area contributed by atoms with E-state index in [0.29, 0.717) is 10.9 Å². The minimum Gasteiger partial charge on any atom is -0.347 e. The molecule has 0 aliphatic rings. The third-order valence-electron chi connectivity index (χ3n) is 3.38. The summed E-state index contributed by atoms with van der Waals surface area (Å²) in [5, 5.41) is 6.81. The molecule has 0 aromatic heterocycles. The van der Waals surface area contributed by atoms with Crippen LogP contribution in [0.4, 0.5) is 0 Å². The van der Waals surface area contributed by atoms with E-state index in [-0.39, 0.29) is 11.9 Å². The first-order chi connectivity index (χ1) is 8.77. The van der Waals surface area contributed by atoms with Crippen LogP contribution in [-0.2, 0) is 4.79 Å². The molecule has 2 N–H and O–H groups in total. The lowest BCUT2D eigenvalue weighted by Gasteiger charge is -2.29. The fraction of sp³-hybridized carbons (Fsp3) is 0.533. The molecule has 0 bridgehead atoms. The molecule has 0 saturated carbocycles. The van der Waals surface area contributed by atoms with Gasteiger partial charge in [-0.05, 0) is 44.5 Å². The number of carbonyl (C=O) groups is 1. The van der Waals surface area contributed by atoms with E-state index in [4.69, 9.17) is 11.6 Å². The van der Waals surface area contributed by atoms with Gasteiger partial charge in [-0.1, -0.05) is 37.6 Å². The van der Waals surface area contributed by atoms with Crippen LogP contribution in [0.5, 0.6) is 0 Å². The summed E-state index contributed by atoms with van der Waals surface area (Å²) >= 11 is 5.90. The molecule has 1 aromatic carbocycles. The maximum Gasteiger partial charge on any atom is 0.240 e. The second-order valence-corrected chi connectivity index (χ2v) is 6.06. The summed E-state index contributed by atoms with van der Waals surface area (Å²) in [6.07, 6.45) is 0. The molecule has 1 rings (SSSR count). The van der Waals surface area contributed by atoms with Gasteiger partial charge < -0.3 is 10.6 Å². The highest BCUT2D eigenvalue weighted by molar-refractivity contribution is 6.30. The molecular formula is C15H23ClN2O. The molecule has 106 valence electrons. The molecule has 19 heavy (non-hydrogen) atoms. The Labute approximate surface area is 120 Å². The third kappa shape index (κ3) is 4.22. The van der Waals surface area contributed by atoms with Crippen molar-refractivity contribution >= 4 is 17.5 Å². The molecule has 1 amide bonds. The first-order valence-electron chi connectivity index (χ1n) is 6.53. The number of likely N-dealkylation sites (N-methyl/N-ethyl adjacent to an activating group) is 1. The van der Waals surface area contributed by atoms with Crippen molar-refractivity contribution in [3.63, 3.8) is 0 Å². The largest absolute Gasteiger partial charge is 0.347 e. The Bertz CT molecular complexity index is 426. The first kappa shape index (κ1) is 16.0. The topological polar surface area (TPSA) is 41.1 Å². The van der Waals surface area contributed by atoms with E-state index < -0.39 is 5.54 Å². The Hall–Kier alpha value is -1.06. The first-order valence-corrected chi connectivity index (χ1v) is 6.91. The number of amides is 1. The Morgan fingerprint density at radius 1 is 1.21 bits per heavy atom. The number of nitrogens with one attached hydrogen (secondary N) is 2. The third-order valence-corrected chi connectivity index (χ3v) is 3.63. The number of halogens is 1. The number of benzene rings is 1. The zero-order valence-corrected chi connectivity index (χ0v) is 13.0. The Kier molecular flexibility index (Phi) is 5.39. The summed E-state index contributed by atoms with van der Waals surface area (Å²) in [6, 6.07) is 7.60. The highest BCUT2D eigenvalue weighted by Crippen LogP contribution is 2.24. The zero-order valence-electron chi connectivity index (χ0n) is 12.3. The zero-order chi connectivity index (χ0) is 14.6. The Morgan fingerprint density at radius 3 is 2.16 bits per heavy atom. The average molecular weight is 283 g/mol. The van der Waals surface area contributed by atoms with E-state index in [1.54, 1.807) is 7.05 Å². The van der Waals surface area contributed by atoms with Crippen LogP contribution in [0, 0.1) is 5.92 Å². The normalized spacial score (nSPS) is 13.4. The molecule has 0 aliphatic carbocycles. The van der Waals surface area contributed by atoms with E-state index in [0.717, 1.165) is 5.56 Å². The maximum absolute atomic E-state index is 12.3. The standard InChI is InChI=1S/C15H23ClN2O/c1-10(2)13(11-6-8-12(16)9-7-11)18-14(19)15(3,4)17-5/h6-10,13,17H,1-5H3,(H,18,19). The molecule has 0 saturated heterocycles. The van der Waals surface area contributed by atoms with Gasteiger partial charge in [-0.15, -0.1) is 0 Å². The average Bonchev–Trinajstić information content (AvgIpc) is 2.36. The van der Waals surface area contributed by atoms with Crippen molar-refractivity contribution in [2.24, 2.45) is 5.92 Å². The van der Waals surface area contributed by atoms with Crippen molar-refractivity contribution in [2.75, 3.05) is 7.05 Å². The summed E-state index contributed by atoms with van der Waals surface area (Å²) in [7, 11) is 1.78. The van der Waals surface area contributed by atoms with Crippen LogP contribution >= 0.6 is 11.6 Å². The number of hydrogen-bond donors (Lipinski definition) is 2. The summed E-state index contributed by atoms with van der Waals surface area (Å²) < 4.78 is 0. The monoisotopic (exact) mass is 282 g/mol. The second-order valence-electron chi connectivity index (χ2n) is 5.62. The molecule has 1 aromatic rings. The summed E-state index contributed by atoms with van der Waals surface area (Å²) in [4.78, 5) is 12.3. The van der Waals surface area contributed by atoms with E-state index in [1.807, 2.05) is 38.1 Å². The molecule has 0 fully saturated rings. The van der Waals surface area contributed by atoms with Crippen molar-refractivity contribution in [3.8, 4) is 0 Å². The van der Waals surface area contributed by atoms with Gasteiger partial charge >= 0.3 is 0 Å². The predicted octanol–water partition coefficient (Wildman–Crippen LogP) is 3.15. The van der Waals surface area contributed by atoms with E-state index >= 15 is 0 Å². The second kappa shape index (κ2) is 6.40. The van der Waals surface area contributed by atoms with Crippen LogP contribution in [0.3, 0.4) is 0 Å². The SMILES string of the molecule is CNC(C)(C)C(=O)NC(c1ccc(Cl)cc1)C(C)C. The number of rotatable bonds is 5. The maximum atomic E-state index is 12.3. The smallest absolute Gasteiger partial charge is 0.240 e. The molecule has 0 heterocycles. The van der Waals surface area contributed by atoms with Crippen LogP contribution < -0.4 is 10.6 Å². The van der Waals surface area contributed by atoms with Crippen molar-refractivity contribution in [2.45, 2.75) is 39.3 Å². The van der Waals surface area contributed by atoms with E-state index in [9.17, 15) is 4.79 Å². The lowest BCUT2D eigenvalue weighted by Crippen LogP contribution is -2.52.